The molecule has 9 heteroatoms. The molecule has 1 amide bonds. The van der Waals surface area contributed by atoms with E-state index in [4.69, 9.17) is 0 Å². The molecular formula is C22H22N2O5S2. The fourth-order valence-corrected chi connectivity index (χ4v) is 5.19. The van der Waals surface area contributed by atoms with Crippen molar-refractivity contribution >= 4 is 31.5 Å². The zero-order valence-corrected chi connectivity index (χ0v) is 18.7. The fraction of sp³-hybridized carbons (Fsp3) is 0.136. The lowest BCUT2D eigenvalue weighted by Gasteiger charge is -2.13. The molecule has 0 aliphatic heterocycles. The highest BCUT2D eigenvalue weighted by atomic mass is 32.2. The highest BCUT2D eigenvalue weighted by molar-refractivity contribution is 7.90. The minimum absolute atomic E-state index is 0.0537. The van der Waals surface area contributed by atoms with Gasteiger partial charge in [0.1, 0.15) is 0 Å². The number of benzene rings is 3. The Labute approximate surface area is 182 Å². The molecule has 0 saturated heterocycles. The van der Waals surface area contributed by atoms with Crippen molar-refractivity contribution in [3.8, 4) is 0 Å². The first kappa shape index (κ1) is 22.7. The summed E-state index contributed by atoms with van der Waals surface area (Å²) in [6.07, 6.45) is 0. The lowest BCUT2D eigenvalue weighted by atomic mass is 10.1. The Hall–Kier alpha value is -3.01. The molecular weight excluding hydrogens is 436 g/mol. The van der Waals surface area contributed by atoms with E-state index in [2.05, 4.69) is 5.32 Å². The Morgan fingerprint density at radius 2 is 1.45 bits per heavy atom. The van der Waals surface area contributed by atoms with E-state index in [0.717, 1.165) is 4.31 Å². The molecule has 0 radical (unpaired) electrons. The number of sulfonamides is 1. The maximum absolute atomic E-state index is 12.7. The van der Waals surface area contributed by atoms with E-state index in [-0.39, 0.29) is 21.1 Å². The minimum Gasteiger partial charge on any atom is -0.322 e. The van der Waals surface area contributed by atoms with Gasteiger partial charge in [-0.15, -0.1) is 0 Å². The highest BCUT2D eigenvalue weighted by Gasteiger charge is 2.19. The van der Waals surface area contributed by atoms with E-state index in [1.165, 1.54) is 50.5 Å². The molecule has 0 heterocycles. The Morgan fingerprint density at radius 1 is 0.806 bits per heavy atom. The summed E-state index contributed by atoms with van der Waals surface area (Å²) < 4.78 is 50.9. The lowest BCUT2D eigenvalue weighted by Crippen LogP contribution is -2.22. The third-order valence-corrected chi connectivity index (χ3v) is 8.03. The van der Waals surface area contributed by atoms with Crippen molar-refractivity contribution in [1.29, 1.82) is 0 Å². The van der Waals surface area contributed by atoms with Crippen molar-refractivity contribution in [1.82, 2.24) is 4.31 Å². The average Bonchev–Trinajstić information content (AvgIpc) is 2.74. The van der Waals surface area contributed by atoms with Gasteiger partial charge in [-0.25, -0.2) is 21.1 Å². The van der Waals surface area contributed by atoms with Crippen molar-refractivity contribution in [2.24, 2.45) is 0 Å². The Balaban J connectivity index is 1.80. The molecule has 1 N–H and O–H groups in total. The van der Waals surface area contributed by atoms with Gasteiger partial charge in [0.05, 0.1) is 15.5 Å². The Bertz CT molecular complexity index is 1300. The average molecular weight is 459 g/mol. The smallest absolute Gasteiger partial charge is 0.255 e. The van der Waals surface area contributed by atoms with E-state index >= 15 is 0 Å². The zero-order valence-electron chi connectivity index (χ0n) is 17.0. The topological polar surface area (TPSA) is 101 Å². The molecule has 0 aliphatic rings. The van der Waals surface area contributed by atoms with E-state index < -0.39 is 25.8 Å². The van der Waals surface area contributed by atoms with Crippen LogP contribution in [0.25, 0.3) is 0 Å². The van der Waals surface area contributed by atoms with Crippen LogP contribution in [-0.2, 0) is 25.6 Å². The number of carbonyl (C=O) groups excluding carboxylic acids is 1. The second-order valence-electron chi connectivity index (χ2n) is 7.04. The second kappa shape index (κ2) is 9.01. The zero-order chi connectivity index (χ0) is 22.6. The minimum atomic E-state index is -3.64. The maximum atomic E-state index is 12.7. The van der Waals surface area contributed by atoms with Crippen LogP contribution < -0.4 is 5.32 Å². The molecule has 7 nitrogen and oxygen atoms in total. The number of hydrogen-bond donors (Lipinski definition) is 1. The molecule has 0 atom stereocenters. The third kappa shape index (κ3) is 5.38. The van der Waals surface area contributed by atoms with Crippen LogP contribution in [0.2, 0.25) is 0 Å². The number of amides is 1. The van der Waals surface area contributed by atoms with Crippen molar-refractivity contribution in [2.75, 3.05) is 19.4 Å². The van der Waals surface area contributed by atoms with Gasteiger partial charge in [0.2, 0.25) is 10.0 Å². The van der Waals surface area contributed by atoms with Gasteiger partial charge in [0.25, 0.3) is 5.91 Å². The van der Waals surface area contributed by atoms with Crippen LogP contribution in [0.3, 0.4) is 0 Å². The third-order valence-electron chi connectivity index (χ3n) is 4.52. The molecule has 0 spiro atoms. The monoisotopic (exact) mass is 458 g/mol. The van der Waals surface area contributed by atoms with Crippen molar-refractivity contribution in [3.63, 3.8) is 0 Å². The maximum Gasteiger partial charge on any atom is 0.255 e. The summed E-state index contributed by atoms with van der Waals surface area (Å²) in [6.45, 7) is 0. The molecule has 0 saturated carbocycles. The predicted octanol–water partition coefficient (Wildman–Crippen LogP) is 3.16. The Kier molecular flexibility index (Phi) is 6.59. The van der Waals surface area contributed by atoms with E-state index in [1.807, 2.05) is 0 Å². The number of rotatable bonds is 7. The fourth-order valence-electron chi connectivity index (χ4n) is 2.88. The van der Waals surface area contributed by atoms with Crippen LogP contribution >= 0.6 is 0 Å². The second-order valence-corrected chi connectivity index (χ2v) is 11.2. The number of nitrogens with zero attached hydrogens (tertiary/aromatic N) is 1. The number of hydrogen-bond acceptors (Lipinski definition) is 5. The molecule has 0 aromatic heterocycles. The van der Waals surface area contributed by atoms with Crippen LogP contribution in [0.5, 0.6) is 0 Å². The van der Waals surface area contributed by atoms with E-state index in [9.17, 15) is 21.6 Å². The van der Waals surface area contributed by atoms with Crippen molar-refractivity contribution in [3.05, 3.63) is 90.0 Å². The SMILES string of the molecule is CN(C)S(=O)(=O)c1cccc(NC(=O)c2cccc(CS(=O)(=O)c3ccccc3)c2)c1. The molecule has 0 unspecified atom stereocenters. The first-order chi connectivity index (χ1) is 14.6. The number of nitrogens with one attached hydrogen (secondary N) is 1. The normalized spacial score (nSPS) is 12.0. The van der Waals surface area contributed by atoms with Crippen molar-refractivity contribution < 1.29 is 21.6 Å². The summed E-state index contributed by atoms with van der Waals surface area (Å²) in [4.78, 5) is 12.9. The van der Waals surface area contributed by atoms with Crippen LogP contribution in [-0.4, -0.2) is 41.1 Å². The summed E-state index contributed by atoms with van der Waals surface area (Å²) in [7, 11) is -4.33. The quantitative estimate of drug-likeness (QED) is 0.586. The summed E-state index contributed by atoms with van der Waals surface area (Å²) >= 11 is 0. The van der Waals surface area contributed by atoms with Gasteiger partial charge in [0.15, 0.2) is 9.84 Å². The van der Waals surface area contributed by atoms with Gasteiger partial charge in [-0.3, -0.25) is 4.79 Å². The summed E-state index contributed by atoms with van der Waals surface area (Å²) in [5.41, 5.74) is 1.05. The van der Waals surface area contributed by atoms with Gasteiger partial charge in [-0.2, -0.15) is 0 Å². The van der Waals surface area contributed by atoms with Crippen LogP contribution in [0.4, 0.5) is 5.69 Å². The van der Waals surface area contributed by atoms with Gasteiger partial charge >= 0.3 is 0 Å². The first-order valence-corrected chi connectivity index (χ1v) is 12.4. The molecule has 0 bridgehead atoms. The molecule has 0 aliphatic carbocycles. The summed E-state index contributed by atoms with van der Waals surface area (Å²) in [5, 5.41) is 2.66. The first-order valence-electron chi connectivity index (χ1n) is 9.30. The number of sulfone groups is 1. The van der Waals surface area contributed by atoms with Crippen LogP contribution in [0.15, 0.2) is 88.7 Å². The summed E-state index contributed by atoms with van der Waals surface area (Å²) in [6, 6.07) is 20.4. The molecule has 3 aromatic rings. The molecule has 3 rings (SSSR count). The molecule has 3 aromatic carbocycles. The number of anilines is 1. The van der Waals surface area contributed by atoms with Gasteiger partial charge in [0, 0.05) is 25.3 Å². The lowest BCUT2D eigenvalue weighted by molar-refractivity contribution is 0.102. The van der Waals surface area contributed by atoms with Crippen LogP contribution in [0.1, 0.15) is 15.9 Å². The predicted molar refractivity (Wildman–Crippen MR) is 119 cm³/mol. The van der Waals surface area contributed by atoms with E-state index in [0.29, 0.717) is 11.3 Å². The van der Waals surface area contributed by atoms with E-state index in [1.54, 1.807) is 42.5 Å². The van der Waals surface area contributed by atoms with Gasteiger partial charge in [-0.1, -0.05) is 36.4 Å². The van der Waals surface area contributed by atoms with Gasteiger partial charge < -0.3 is 5.32 Å². The molecule has 162 valence electrons. The standard InChI is InChI=1S/C22H22N2O5S2/c1-24(2)31(28,29)21-13-7-10-19(15-21)23-22(25)18-9-6-8-17(14-18)16-30(26,27)20-11-4-3-5-12-20/h3-15H,16H2,1-2H3,(H,23,25). The largest absolute Gasteiger partial charge is 0.322 e. The Morgan fingerprint density at radius 3 is 2.13 bits per heavy atom. The van der Waals surface area contributed by atoms with Crippen molar-refractivity contribution in [2.45, 2.75) is 15.5 Å². The molecule has 31 heavy (non-hydrogen) atoms. The van der Waals surface area contributed by atoms with Crippen LogP contribution in [0, 0.1) is 0 Å². The summed E-state index contributed by atoms with van der Waals surface area (Å²) in [5.74, 6) is -0.715. The number of carbonyl (C=O) groups is 1. The highest BCUT2D eigenvalue weighted by Crippen LogP contribution is 2.20. The van der Waals surface area contributed by atoms with Gasteiger partial charge in [-0.05, 0) is 48.0 Å². The molecule has 0 fully saturated rings.